The summed E-state index contributed by atoms with van der Waals surface area (Å²) in [7, 11) is 0. The molecule has 66 heavy (non-hydrogen) atoms. The molecule has 0 spiro atoms. The van der Waals surface area contributed by atoms with Crippen LogP contribution in [-0.2, 0) is 20.7 Å². The molecule has 2 aliphatic carbocycles. The zero-order chi connectivity index (χ0) is 46.3. The Bertz CT molecular complexity index is 2380. The van der Waals surface area contributed by atoms with Crippen LogP contribution < -0.4 is 31.1 Å². The minimum atomic E-state index is -1.08. The van der Waals surface area contributed by atoms with Crippen molar-refractivity contribution < 1.29 is 28.8 Å². The Morgan fingerprint density at radius 2 is 0.909 bits per heavy atom. The number of hydrogen-bond acceptors (Lipinski definition) is 10. The van der Waals surface area contributed by atoms with Crippen LogP contribution in [0.1, 0.15) is 118 Å². The fraction of sp³-hybridized carbons (Fsp3) is 0.440. The number of hydrogen-bond donors (Lipinski definition) is 4. The van der Waals surface area contributed by atoms with Crippen molar-refractivity contribution in [3.63, 3.8) is 0 Å². The number of nitrogens with one attached hydrogen (secondary N) is 4. The van der Waals surface area contributed by atoms with Crippen LogP contribution in [0.25, 0.3) is 0 Å². The third-order valence-electron chi connectivity index (χ3n) is 14.2. The second kappa shape index (κ2) is 17.9. The van der Waals surface area contributed by atoms with Crippen molar-refractivity contribution >= 4 is 47.3 Å². The molecule has 2 aromatic carbocycles. The number of carbonyl (C=O) groups excluding carboxylic acids is 6. The number of aryl methyl sites for hydroxylation is 2. The molecule has 344 valence electrons. The molecule has 6 aliphatic rings. The van der Waals surface area contributed by atoms with Gasteiger partial charge in [0, 0.05) is 75.9 Å². The van der Waals surface area contributed by atoms with E-state index >= 15 is 0 Å². The van der Waals surface area contributed by atoms with Crippen LogP contribution in [-0.4, -0.2) is 108 Å². The Balaban J connectivity index is 0.000000166. The molecule has 4 saturated heterocycles. The molecule has 6 fully saturated rings. The molecule has 2 aromatic heterocycles. The van der Waals surface area contributed by atoms with Gasteiger partial charge in [0.25, 0.3) is 23.6 Å². The highest BCUT2D eigenvalue weighted by atomic mass is 16.2. The van der Waals surface area contributed by atoms with Gasteiger partial charge < -0.3 is 30.2 Å². The van der Waals surface area contributed by atoms with E-state index in [2.05, 4.69) is 57.0 Å². The molecule has 8 amide bonds. The highest BCUT2D eigenvalue weighted by Gasteiger charge is 2.47. The molecule has 0 bridgehead atoms. The van der Waals surface area contributed by atoms with Crippen molar-refractivity contribution in [2.75, 3.05) is 62.2 Å². The number of rotatable bonds is 10. The Morgan fingerprint density at radius 1 is 0.561 bits per heavy atom. The van der Waals surface area contributed by atoms with Crippen LogP contribution in [0.15, 0.2) is 73.1 Å². The lowest BCUT2D eigenvalue weighted by atomic mass is 9.87. The van der Waals surface area contributed by atoms with Gasteiger partial charge in [-0.1, -0.05) is 50.2 Å². The van der Waals surface area contributed by atoms with Crippen LogP contribution >= 0.6 is 0 Å². The molecule has 4 aromatic rings. The molecular formula is C50H58N10O6. The summed E-state index contributed by atoms with van der Waals surface area (Å²) in [6.07, 6.45) is 9.94. The Hall–Kier alpha value is -6.84. The summed E-state index contributed by atoms with van der Waals surface area (Å²) in [6, 6.07) is 17.5. The largest absolute Gasteiger partial charge is 0.353 e. The number of imide groups is 2. The molecule has 16 heteroatoms. The fourth-order valence-electron chi connectivity index (χ4n) is 9.82. The van der Waals surface area contributed by atoms with Crippen molar-refractivity contribution in [1.82, 2.24) is 41.0 Å². The monoisotopic (exact) mass is 894 g/mol. The maximum absolute atomic E-state index is 13.1. The van der Waals surface area contributed by atoms with E-state index < -0.39 is 23.1 Å². The van der Waals surface area contributed by atoms with Crippen LogP contribution in [0.2, 0.25) is 0 Å². The van der Waals surface area contributed by atoms with Gasteiger partial charge in [-0.2, -0.15) is 0 Å². The normalized spacial score (nSPS) is 22.8. The van der Waals surface area contributed by atoms with Crippen molar-refractivity contribution in [2.45, 2.75) is 89.1 Å². The summed E-state index contributed by atoms with van der Waals surface area (Å²) >= 11 is 0. The summed E-state index contributed by atoms with van der Waals surface area (Å²) in [5.41, 5.74) is 5.41. The summed E-state index contributed by atoms with van der Waals surface area (Å²) in [6.45, 7) is 13.4. The Labute approximate surface area is 384 Å². The van der Waals surface area contributed by atoms with Gasteiger partial charge in [0.15, 0.2) is 0 Å². The second-order valence-corrected chi connectivity index (χ2v) is 18.4. The molecule has 2 atom stereocenters. The Kier molecular flexibility index (Phi) is 12.0. The number of nitrogens with zero attached hydrogens (tertiary/aromatic N) is 6. The summed E-state index contributed by atoms with van der Waals surface area (Å²) < 4.78 is 0. The van der Waals surface area contributed by atoms with E-state index in [1.165, 1.54) is 47.9 Å². The van der Waals surface area contributed by atoms with Crippen LogP contribution in [0.3, 0.4) is 0 Å². The first kappa shape index (κ1) is 44.4. The lowest BCUT2D eigenvalue weighted by Gasteiger charge is -2.36. The average molecular weight is 895 g/mol. The van der Waals surface area contributed by atoms with E-state index in [1.54, 1.807) is 48.5 Å². The van der Waals surface area contributed by atoms with Gasteiger partial charge in [-0.15, -0.1) is 0 Å². The maximum atomic E-state index is 13.1. The SMILES string of the molecule is CC[C@@]1(c2ccc(C(=O)N3CCN(c4ncc(C5CC5)cc4C)CC3)cc2)NC(=O)NC1=O.CC[C@]1(c2ccc(C(=O)N3CCN(c4ncc(C5CC5)cc4C)CC3)cc2)NC(=O)NC1=O. The summed E-state index contributed by atoms with van der Waals surface area (Å²) in [5, 5.41) is 10.1. The highest BCUT2D eigenvalue weighted by molar-refractivity contribution is 6.08. The number of piperazine rings is 2. The number of aromatic nitrogens is 2. The molecule has 4 N–H and O–H groups in total. The number of anilines is 2. The second-order valence-electron chi connectivity index (χ2n) is 18.4. The third kappa shape index (κ3) is 8.56. The smallest absolute Gasteiger partial charge is 0.322 e. The van der Waals surface area contributed by atoms with Gasteiger partial charge in [-0.05, 0) is 122 Å². The number of pyridine rings is 2. The van der Waals surface area contributed by atoms with Gasteiger partial charge in [0.2, 0.25) is 0 Å². The minimum Gasteiger partial charge on any atom is -0.353 e. The van der Waals surface area contributed by atoms with Gasteiger partial charge in [0.05, 0.1) is 0 Å². The zero-order valence-electron chi connectivity index (χ0n) is 38.1. The van der Waals surface area contributed by atoms with E-state index in [0.29, 0.717) is 73.1 Å². The van der Waals surface area contributed by atoms with Crippen molar-refractivity contribution in [3.05, 3.63) is 118 Å². The van der Waals surface area contributed by atoms with Crippen LogP contribution in [0, 0.1) is 13.8 Å². The molecule has 10 rings (SSSR count). The first-order chi connectivity index (χ1) is 31.8. The zero-order valence-corrected chi connectivity index (χ0v) is 38.1. The third-order valence-corrected chi connectivity index (χ3v) is 14.2. The van der Waals surface area contributed by atoms with E-state index in [4.69, 9.17) is 9.97 Å². The summed E-state index contributed by atoms with van der Waals surface area (Å²) in [5.74, 6) is 2.63. The fourth-order valence-corrected chi connectivity index (χ4v) is 9.82. The van der Waals surface area contributed by atoms with Gasteiger partial charge >= 0.3 is 12.1 Å². The molecule has 0 unspecified atom stereocenters. The lowest BCUT2D eigenvalue weighted by molar-refractivity contribution is -0.125. The quantitative estimate of drug-likeness (QED) is 0.151. The molecular weight excluding hydrogens is 837 g/mol. The van der Waals surface area contributed by atoms with E-state index in [1.807, 2.05) is 36.0 Å². The predicted octanol–water partition coefficient (Wildman–Crippen LogP) is 5.35. The average Bonchev–Trinajstić information content (AvgIpc) is 4.29. The maximum Gasteiger partial charge on any atom is 0.322 e. The van der Waals surface area contributed by atoms with Crippen molar-refractivity contribution in [2.24, 2.45) is 0 Å². The molecule has 2 saturated carbocycles. The summed E-state index contributed by atoms with van der Waals surface area (Å²) in [4.78, 5) is 91.9. The first-order valence-electron chi connectivity index (χ1n) is 23.3. The molecule has 6 heterocycles. The molecule has 0 radical (unpaired) electrons. The number of amides is 8. The standard InChI is InChI=1S/2C25H29N5O3/c2*1-3-25(23(32)27-24(33)28-25)20-8-6-18(7-9-20)22(31)30-12-10-29(11-13-30)21-16(2)14-19(15-26-21)17-4-5-17/h2*6-9,14-15,17H,3-5,10-13H2,1-2H3,(H2,27,28,32,33)/t2*25-/m10/s1. The van der Waals surface area contributed by atoms with Gasteiger partial charge in [-0.3, -0.25) is 29.8 Å². The minimum absolute atomic E-state index is 0.0274. The number of carbonyl (C=O) groups is 6. The predicted molar refractivity (Wildman–Crippen MR) is 248 cm³/mol. The number of urea groups is 2. The first-order valence-corrected chi connectivity index (χ1v) is 23.3. The highest BCUT2D eigenvalue weighted by Crippen LogP contribution is 2.42. The van der Waals surface area contributed by atoms with Gasteiger partial charge in [-0.25, -0.2) is 19.6 Å². The van der Waals surface area contributed by atoms with E-state index in [0.717, 1.165) is 37.8 Å². The van der Waals surface area contributed by atoms with Crippen LogP contribution in [0.4, 0.5) is 21.2 Å². The van der Waals surface area contributed by atoms with Gasteiger partial charge in [0.1, 0.15) is 22.7 Å². The van der Waals surface area contributed by atoms with Crippen molar-refractivity contribution in [1.29, 1.82) is 0 Å². The van der Waals surface area contributed by atoms with Crippen LogP contribution in [0.5, 0.6) is 0 Å². The number of benzene rings is 2. The molecule has 16 nitrogen and oxygen atoms in total. The lowest BCUT2D eigenvalue weighted by Crippen LogP contribution is -2.49. The topological polar surface area (TPSA) is 189 Å². The molecule has 4 aliphatic heterocycles. The van der Waals surface area contributed by atoms with Crippen molar-refractivity contribution in [3.8, 4) is 0 Å². The Morgan fingerprint density at radius 3 is 1.18 bits per heavy atom. The van der Waals surface area contributed by atoms with E-state index in [9.17, 15) is 28.8 Å². The van der Waals surface area contributed by atoms with E-state index in [-0.39, 0.29) is 23.6 Å².